The van der Waals surface area contributed by atoms with Gasteiger partial charge in [0.25, 0.3) is 0 Å². The molecule has 0 aliphatic carbocycles. The molecule has 0 aliphatic rings. The second-order valence-corrected chi connectivity index (χ2v) is 5.36. The predicted octanol–water partition coefficient (Wildman–Crippen LogP) is 2.09. The third kappa shape index (κ3) is 2.66. The maximum absolute atomic E-state index is 5.78. The van der Waals surface area contributed by atoms with Gasteiger partial charge in [0.05, 0.1) is 24.0 Å². The standard InChI is InChI=1S/C16H19N5/c1-11-3-4-12(2)13(7-11)8-15(20-17)14-9-19-21-6-5-18-10-16(14)21/h3-7,9-10,15,20H,8,17H2,1-2H3. The molecular formula is C16H19N5. The van der Waals surface area contributed by atoms with Crippen molar-refractivity contribution in [3.05, 3.63) is 65.2 Å². The number of fused-ring (bicyclic) bond motifs is 1. The molecule has 0 aliphatic heterocycles. The van der Waals surface area contributed by atoms with E-state index < -0.39 is 0 Å². The largest absolute Gasteiger partial charge is 0.271 e. The Morgan fingerprint density at radius 3 is 2.95 bits per heavy atom. The van der Waals surface area contributed by atoms with Gasteiger partial charge in [0.2, 0.25) is 0 Å². The van der Waals surface area contributed by atoms with Crippen LogP contribution < -0.4 is 11.3 Å². The van der Waals surface area contributed by atoms with E-state index in [1.165, 1.54) is 16.7 Å². The van der Waals surface area contributed by atoms with Gasteiger partial charge in [-0.25, -0.2) is 4.52 Å². The Morgan fingerprint density at radius 1 is 1.29 bits per heavy atom. The zero-order valence-electron chi connectivity index (χ0n) is 12.2. The van der Waals surface area contributed by atoms with Gasteiger partial charge in [-0.1, -0.05) is 23.8 Å². The Morgan fingerprint density at radius 2 is 2.14 bits per heavy atom. The van der Waals surface area contributed by atoms with Gasteiger partial charge in [-0.2, -0.15) is 5.10 Å². The highest BCUT2D eigenvalue weighted by Gasteiger charge is 2.16. The molecule has 2 aromatic heterocycles. The Bertz CT molecular complexity index is 762. The van der Waals surface area contributed by atoms with Crippen LogP contribution in [0.3, 0.4) is 0 Å². The van der Waals surface area contributed by atoms with E-state index in [-0.39, 0.29) is 6.04 Å². The maximum Gasteiger partial charge on any atom is 0.0893 e. The van der Waals surface area contributed by atoms with Crippen molar-refractivity contribution in [1.82, 2.24) is 20.0 Å². The van der Waals surface area contributed by atoms with Crippen LogP contribution in [-0.4, -0.2) is 14.6 Å². The second-order valence-electron chi connectivity index (χ2n) is 5.36. The minimum Gasteiger partial charge on any atom is -0.271 e. The topological polar surface area (TPSA) is 68.2 Å². The van der Waals surface area contributed by atoms with Crippen LogP contribution >= 0.6 is 0 Å². The zero-order valence-corrected chi connectivity index (χ0v) is 12.2. The number of aromatic nitrogens is 3. The summed E-state index contributed by atoms with van der Waals surface area (Å²) in [6.07, 6.45) is 8.05. The minimum atomic E-state index is 0.00667. The average Bonchev–Trinajstić information content (AvgIpc) is 2.92. The van der Waals surface area contributed by atoms with Crippen LogP contribution in [0.2, 0.25) is 0 Å². The zero-order chi connectivity index (χ0) is 14.8. The van der Waals surface area contributed by atoms with Crippen LogP contribution in [0.5, 0.6) is 0 Å². The normalized spacial score (nSPS) is 12.7. The number of hydrazine groups is 1. The molecule has 108 valence electrons. The summed E-state index contributed by atoms with van der Waals surface area (Å²) in [6, 6.07) is 6.50. The quantitative estimate of drug-likeness (QED) is 0.567. The van der Waals surface area contributed by atoms with Crippen molar-refractivity contribution in [3.63, 3.8) is 0 Å². The summed E-state index contributed by atoms with van der Waals surface area (Å²) in [4.78, 5) is 4.17. The highest BCUT2D eigenvalue weighted by atomic mass is 15.3. The fourth-order valence-corrected chi connectivity index (χ4v) is 2.62. The van der Waals surface area contributed by atoms with Gasteiger partial charge < -0.3 is 0 Å². The van der Waals surface area contributed by atoms with E-state index in [0.29, 0.717) is 0 Å². The summed E-state index contributed by atoms with van der Waals surface area (Å²) >= 11 is 0. The summed E-state index contributed by atoms with van der Waals surface area (Å²) in [7, 11) is 0. The molecule has 3 rings (SSSR count). The van der Waals surface area contributed by atoms with E-state index in [1.54, 1.807) is 6.20 Å². The van der Waals surface area contributed by atoms with Crippen molar-refractivity contribution in [1.29, 1.82) is 0 Å². The van der Waals surface area contributed by atoms with Crippen molar-refractivity contribution in [2.75, 3.05) is 0 Å². The molecular weight excluding hydrogens is 262 g/mol. The van der Waals surface area contributed by atoms with Gasteiger partial charge >= 0.3 is 0 Å². The number of benzene rings is 1. The summed E-state index contributed by atoms with van der Waals surface area (Å²) < 4.78 is 1.82. The Hall–Kier alpha value is -2.24. The van der Waals surface area contributed by atoms with Crippen molar-refractivity contribution < 1.29 is 0 Å². The first-order valence-corrected chi connectivity index (χ1v) is 6.98. The number of aryl methyl sites for hydroxylation is 2. The van der Waals surface area contributed by atoms with Crippen molar-refractivity contribution in [3.8, 4) is 0 Å². The lowest BCUT2D eigenvalue weighted by molar-refractivity contribution is 0.554. The monoisotopic (exact) mass is 281 g/mol. The van der Waals surface area contributed by atoms with E-state index in [9.17, 15) is 0 Å². The predicted molar refractivity (Wildman–Crippen MR) is 82.7 cm³/mol. The molecule has 3 N–H and O–H groups in total. The molecule has 1 unspecified atom stereocenters. The molecule has 0 saturated carbocycles. The smallest absolute Gasteiger partial charge is 0.0893 e. The van der Waals surface area contributed by atoms with Crippen LogP contribution in [0.4, 0.5) is 0 Å². The van der Waals surface area contributed by atoms with Gasteiger partial charge in [0, 0.05) is 18.0 Å². The molecule has 5 heteroatoms. The fraction of sp³-hybridized carbons (Fsp3) is 0.250. The molecule has 0 spiro atoms. The van der Waals surface area contributed by atoms with Gasteiger partial charge in [0.1, 0.15) is 0 Å². The number of nitrogens with zero attached hydrogens (tertiary/aromatic N) is 3. The van der Waals surface area contributed by atoms with Crippen molar-refractivity contribution >= 4 is 5.52 Å². The Balaban J connectivity index is 1.97. The Labute approximate surface area is 123 Å². The molecule has 2 heterocycles. The van der Waals surface area contributed by atoms with Crippen LogP contribution in [0.15, 0.2) is 43.0 Å². The second kappa shape index (κ2) is 5.63. The average molecular weight is 281 g/mol. The summed E-state index contributed by atoms with van der Waals surface area (Å²) in [5, 5.41) is 4.35. The molecule has 1 atom stereocenters. The van der Waals surface area contributed by atoms with E-state index in [0.717, 1.165) is 17.5 Å². The lowest BCUT2D eigenvalue weighted by Gasteiger charge is -2.17. The van der Waals surface area contributed by atoms with E-state index in [4.69, 9.17) is 5.84 Å². The molecule has 0 bridgehead atoms. The molecule has 1 aromatic carbocycles. The summed E-state index contributed by atoms with van der Waals surface area (Å²) in [6.45, 7) is 4.23. The number of nitrogens with one attached hydrogen (secondary N) is 1. The SMILES string of the molecule is Cc1ccc(C)c(CC(NN)c2cnn3ccncc23)c1. The number of rotatable bonds is 4. The van der Waals surface area contributed by atoms with Crippen molar-refractivity contribution in [2.45, 2.75) is 26.3 Å². The van der Waals surface area contributed by atoms with Gasteiger partial charge in [-0.05, 0) is 31.4 Å². The van der Waals surface area contributed by atoms with Gasteiger partial charge in [0.15, 0.2) is 0 Å². The van der Waals surface area contributed by atoms with E-state index in [1.807, 2.05) is 23.1 Å². The molecule has 21 heavy (non-hydrogen) atoms. The van der Waals surface area contributed by atoms with Gasteiger partial charge in [-0.3, -0.25) is 16.3 Å². The fourth-order valence-electron chi connectivity index (χ4n) is 2.62. The van der Waals surface area contributed by atoms with Crippen LogP contribution in [-0.2, 0) is 6.42 Å². The lowest BCUT2D eigenvalue weighted by atomic mass is 9.96. The number of nitrogens with two attached hydrogens (primary N) is 1. The first-order chi connectivity index (χ1) is 10.2. The highest BCUT2D eigenvalue weighted by Crippen LogP contribution is 2.23. The van der Waals surface area contributed by atoms with Crippen LogP contribution in [0, 0.1) is 13.8 Å². The first-order valence-electron chi connectivity index (χ1n) is 6.98. The molecule has 0 fully saturated rings. The molecule has 3 aromatic rings. The molecule has 5 nitrogen and oxygen atoms in total. The maximum atomic E-state index is 5.78. The minimum absolute atomic E-state index is 0.00667. The first kappa shape index (κ1) is 13.7. The number of hydrogen-bond acceptors (Lipinski definition) is 4. The third-order valence-corrected chi connectivity index (χ3v) is 3.86. The van der Waals surface area contributed by atoms with Crippen LogP contribution in [0.25, 0.3) is 5.52 Å². The number of hydrogen-bond donors (Lipinski definition) is 2. The van der Waals surface area contributed by atoms with E-state index in [2.05, 4.69) is 47.6 Å². The summed E-state index contributed by atoms with van der Waals surface area (Å²) in [5.74, 6) is 5.78. The van der Waals surface area contributed by atoms with Gasteiger partial charge in [-0.15, -0.1) is 0 Å². The van der Waals surface area contributed by atoms with E-state index >= 15 is 0 Å². The lowest BCUT2D eigenvalue weighted by Crippen LogP contribution is -2.29. The molecule has 0 radical (unpaired) electrons. The molecule has 0 amide bonds. The van der Waals surface area contributed by atoms with Crippen molar-refractivity contribution in [2.24, 2.45) is 5.84 Å². The third-order valence-electron chi connectivity index (χ3n) is 3.86. The van der Waals surface area contributed by atoms with Crippen LogP contribution in [0.1, 0.15) is 28.3 Å². The summed E-state index contributed by atoms with van der Waals surface area (Å²) in [5.41, 5.74) is 8.77. The molecule has 0 saturated heterocycles. The Kier molecular flexibility index (Phi) is 3.68. The highest BCUT2D eigenvalue weighted by molar-refractivity contribution is 5.53.